The van der Waals surface area contributed by atoms with Crippen molar-refractivity contribution >= 4 is 39.9 Å². The molecule has 1 nitrogen and oxygen atoms in total. The second-order valence-electron chi connectivity index (χ2n) is 4.77. The molecule has 2 rings (SSSR count). The molecule has 0 atom stereocenters. The fraction of sp³-hybridized carbons (Fsp3) is 0.188. The van der Waals surface area contributed by atoms with Gasteiger partial charge in [0.2, 0.25) is 0 Å². The minimum absolute atomic E-state index is 0.865. The van der Waals surface area contributed by atoms with Crippen molar-refractivity contribution in [3.63, 3.8) is 0 Å². The van der Waals surface area contributed by atoms with Crippen LogP contribution in [0.5, 0.6) is 0 Å². The van der Waals surface area contributed by atoms with Crippen LogP contribution in [0.3, 0.4) is 0 Å². The molecule has 0 radical (unpaired) electrons. The fourth-order valence-electron chi connectivity index (χ4n) is 2.12. The predicted octanol–water partition coefficient (Wildman–Crippen LogP) is 5.16. The second kappa shape index (κ2) is 8.55. The van der Waals surface area contributed by atoms with Crippen LogP contribution in [0.15, 0.2) is 53.0 Å². The van der Waals surface area contributed by atoms with Gasteiger partial charge < -0.3 is 0 Å². The van der Waals surface area contributed by atoms with Gasteiger partial charge in [0.25, 0.3) is 0 Å². The Morgan fingerprint density at radius 3 is 2.24 bits per heavy atom. The fourth-order valence-corrected chi connectivity index (χ4v) is 4.42. The normalized spacial score (nSPS) is 11.6. The van der Waals surface area contributed by atoms with Gasteiger partial charge in [0, 0.05) is 0 Å². The molecule has 0 saturated heterocycles. The molecule has 21 heavy (non-hydrogen) atoms. The summed E-state index contributed by atoms with van der Waals surface area (Å²) in [6.45, 7) is 1.75. The van der Waals surface area contributed by atoms with Crippen LogP contribution < -0.4 is 0 Å². The van der Waals surface area contributed by atoms with Crippen molar-refractivity contribution in [2.75, 3.05) is 7.05 Å². The molecule has 2 aromatic carbocycles. The number of hydrogen-bond donors (Lipinski definition) is 0. The van der Waals surface area contributed by atoms with Crippen molar-refractivity contribution < 1.29 is 13.5 Å². The van der Waals surface area contributed by atoms with Crippen molar-refractivity contribution in [1.82, 2.24) is 4.90 Å². The van der Waals surface area contributed by atoms with Gasteiger partial charge in [0.15, 0.2) is 0 Å². The Hall–Kier alpha value is -0.0466. The molecule has 0 saturated carbocycles. The first-order valence-corrected chi connectivity index (χ1v) is 12.7. The summed E-state index contributed by atoms with van der Waals surface area (Å²) in [5.74, 6) is 0. The van der Waals surface area contributed by atoms with Crippen molar-refractivity contribution in [1.29, 1.82) is 0 Å². The summed E-state index contributed by atoms with van der Waals surface area (Å²) in [6, 6.07) is 16.6. The minimum atomic E-state index is -1.79. The first-order valence-electron chi connectivity index (χ1n) is 6.39. The molecule has 0 bridgehead atoms. The van der Waals surface area contributed by atoms with Gasteiger partial charge in [-0.05, 0) is 0 Å². The first kappa shape index (κ1) is 17.3. The maximum absolute atomic E-state index is 6.00. The monoisotopic (exact) mass is 473 g/mol. The van der Waals surface area contributed by atoms with E-state index < -0.39 is 13.5 Å². The Morgan fingerprint density at radius 1 is 1.00 bits per heavy atom. The number of benzene rings is 2. The zero-order chi connectivity index (χ0) is 15.2. The molecule has 0 aliphatic heterocycles. The van der Waals surface area contributed by atoms with Crippen LogP contribution in [-0.2, 0) is 26.6 Å². The summed E-state index contributed by atoms with van der Waals surface area (Å²) in [5, 5.41) is 0. The van der Waals surface area contributed by atoms with E-state index in [2.05, 4.69) is 64.3 Å². The Morgan fingerprint density at radius 2 is 1.57 bits per heavy atom. The van der Waals surface area contributed by atoms with Gasteiger partial charge in [0.05, 0.1) is 0 Å². The van der Waals surface area contributed by atoms with Crippen LogP contribution in [0.4, 0.5) is 0 Å². The van der Waals surface area contributed by atoms with E-state index >= 15 is 0 Å². The van der Waals surface area contributed by atoms with Crippen LogP contribution in [0.25, 0.3) is 0 Å². The van der Waals surface area contributed by atoms with Crippen LogP contribution in [0.1, 0.15) is 16.7 Å². The van der Waals surface area contributed by atoms with E-state index in [4.69, 9.17) is 19.4 Å². The summed E-state index contributed by atoms with van der Waals surface area (Å²) >= 11 is 1.80. The van der Waals surface area contributed by atoms with Gasteiger partial charge >= 0.3 is 148 Å². The van der Waals surface area contributed by atoms with Gasteiger partial charge in [-0.2, -0.15) is 0 Å². The van der Waals surface area contributed by atoms with Crippen LogP contribution >= 0.6 is 35.3 Å². The molecular formula is C16H16BrCl2NRu. The van der Waals surface area contributed by atoms with Crippen molar-refractivity contribution in [3.05, 3.63) is 69.7 Å². The van der Waals surface area contributed by atoms with E-state index in [1.54, 1.807) is 0 Å². The van der Waals surface area contributed by atoms with Gasteiger partial charge in [-0.1, -0.05) is 0 Å². The second-order valence-corrected chi connectivity index (χ2v) is 11.3. The van der Waals surface area contributed by atoms with E-state index in [0.717, 1.165) is 23.1 Å². The maximum atomic E-state index is 6.00. The quantitative estimate of drug-likeness (QED) is 0.542. The SMILES string of the molecule is CN(Cc1ccccc1Br)Cc1ccccc1[CH]=[Ru]([Cl])[Cl]. The standard InChI is InChI=1S/C16H16BrN.2ClH.Ru/c1-13-7-3-4-8-14(13)11-18(2)12-15-9-5-6-10-16(15)17;;;/h1,3-10H,11-12H2,2H3;2*1H;/q;;;+2/p-2. The molecule has 0 heterocycles. The topological polar surface area (TPSA) is 3.24 Å². The average Bonchev–Trinajstić information content (AvgIpc) is 2.43. The van der Waals surface area contributed by atoms with E-state index in [-0.39, 0.29) is 0 Å². The van der Waals surface area contributed by atoms with Crippen LogP contribution in [0, 0.1) is 0 Å². The number of halogens is 3. The molecule has 0 aliphatic rings. The Kier molecular flexibility index (Phi) is 7.05. The van der Waals surface area contributed by atoms with Gasteiger partial charge in [-0.15, -0.1) is 0 Å². The van der Waals surface area contributed by atoms with Gasteiger partial charge in [-0.3, -0.25) is 0 Å². The summed E-state index contributed by atoms with van der Waals surface area (Å²) in [4.78, 5) is 2.28. The van der Waals surface area contributed by atoms with Crippen molar-refractivity contribution in [2.45, 2.75) is 13.1 Å². The molecule has 0 aliphatic carbocycles. The summed E-state index contributed by atoms with van der Waals surface area (Å²) in [5.41, 5.74) is 3.69. The molecule has 5 heteroatoms. The third kappa shape index (κ3) is 5.58. The number of nitrogens with zero attached hydrogens (tertiary/aromatic N) is 1. The van der Waals surface area contributed by atoms with Crippen LogP contribution in [0.2, 0.25) is 0 Å². The molecule has 0 aromatic heterocycles. The zero-order valence-corrected chi connectivity index (χ0v) is 16.4. The molecule has 0 N–H and O–H groups in total. The predicted molar refractivity (Wildman–Crippen MR) is 92.6 cm³/mol. The molecule has 2 aromatic rings. The van der Waals surface area contributed by atoms with Gasteiger partial charge in [-0.25, -0.2) is 0 Å². The number of rotatable bonds is 5. The Balaban J connectivity index is 2.12. The Bertz CT molecular complexity index is 642. The van der Waals surface area contributed by atoms with E-state index in [1.807, 2.05) is 16.7 Å². The van der Waals surface area contributed by atoms with E-state index in [1.165, 1.54) is 11.1 Å². The summed E-state index contributed by atoms with van der Waals surface area (Å²) in [6.07, 6.45) is 0. The molecule has 0 fully saturated rings. The third-order valence-electron chi connectivity index (χ3n) is 3.08. The van der Waals surface area contributed by atoms with E-state index in [9.17, 15) is 0 Å². The third-order valence-corrected chi connectivity index (χ3v) is 5.69. The van der Waals surface area contributed by atoms with Crippen LogP contribution in [-0.4, -0.2) is 16.6 Å². The molecule has 114 valence electrons. The van der Waals surface area contributed by atoms with Gasteiger partial charge in [0.1, 0.15) is 0 Å². The summed E-state index contributed by atoms with van der Waals surface area (Å²) in [7, 11) is 14.1. The van der Waals surface area contributed by atoms with Crippen molar-refractivity contribution in [2.24, 2.45) is 0 Å². The van der Waals surface area contributed by atoms with Crippen molar-refractivity contribution in [3.8, 4) is 0 Å². The average molecular weight is 474 g/mol. The Labute approximate surface area is 147 Å². The summed E-state index contributed by atoms with van der Waals surface area (Å²) < 4.78 is 3.15. The molecule has 0 spiro atoms. The number of hydrogen-bond acceptors (Lipinski definition) is 1. The zero-order valence-electron chi connectivity index (χ0n) is 11.5. The molecule has 0 unspecified atom stereocenters. The molecular weight excluding hydrogens is 458 g/mol. The first-order chi connectivity index (χ1) is 10.1. The van der Waals surface area contributed by atoms with E-state index in [0.29, 0.717) is 0 Å². The molecule has 0 amide bonds.